The molecule has 0 N–H and O–H groups in total. The van der Waals surface area contributed by atoms with E-state index in [1.807, 2.05) is 0 Å². The number of fused-ring (bicyclic) bond motifs is 3. The highest BCUT2D eigenvalue weighted by Gasteiger charge is 2.25. The van der Waals surface area contributed by atoms with Gasteiger partial charge in [0.2, 0.25) is 0 Å². The molecule has 0 atom stereocenters. The first-order chi connectivity index (χ1) is 11.4. The zero-order valence-corrected chi connectivity index (χ0v) is 15.3. The predicted octanol–water partition coefficient (Wildman–Crippen LogP) is 4.18. The summed E-state index contributed by atoms with van der Waals surface area (Å²) in [5, 5.41) is 2.71. The van der Waals surface area contributed by atoms with E-state index in [-0.39, 0.29) is 0 Å². The van der Waals surface area contributed by atoms with Crippen LogP contribution in [0.3, 0.4) is 0 Å². The van der Waals surface area contributed by atoms with Crippen LogP contribution in [0.25, 0.3) is 27.8 Å². The number of hydrogen-bond donors (Lipinski definition) is 0. The molecule has 0 radical (unpaired) electrons. The molecule has 0 bridgehead atoms. The molecular formula is C21H24N3+. The second-order valence-electron chi connectivity index (χ2n) is 7.02. The molecule has 3 nitrogen and oxygen atoms in total. The van der Waals surface area contributed by atoms with Gasteiger partial charge in [-0.25, -0.2) is 9.13 Å². The number of hydrogen-bond acceptors (Lipinski definition) is 0. The number of imidazole rings is 1. The van der Waals surface area contributed by atoms with Gasteiger partial charge in [0, 0.05) is 10.8 Å². The topological polar surface area (TPSA) is 13.7 Å². The standard InChI is InChI=1S/C21H24N3/c1-13-7-10-18-17(11-13)19-14(2)8-9-15(3)20(19)24(18)21-22(5)12-16(4)23(21)6/h7-12H,1-6H3/q+1. The molecule has 122 valence electrons. The Hall–Kier alpha value is -2.55. The minimum absolute atomic E-state index is 1.19. The van der Waals surface area contributed by atoms with Gasteiger partial charge in [0.1, 0.15) is 16.7 Å². The van der Waals surface area contributed by atoms with Crippen molar-refractivity contribution in [3.05, 3.63) is 58.9 Å². The summed E-state index contributed by atoms with van der Waals surface area (Å²) in [4.78, 5) is 0. The van der Waals surface area contributed by atoms with Crippen LogP contribution in [0.1, 0.15) is 22.4 Å². The highest BCUT2D eigenvalue weighted by atomic mass is 15.3. The van der Waals surface area contributed by atoms with E-state index in [0.717, 1.165) is 0 Å². The Kier molecular flexibility index (Phi) is 3.11. The summed E-state index contributed by atoms with van der Waals surface area (Å²) in [7, 11) is 4.26. The summed E-state index contributed by atoms with van der Waals surface area (Å²) in [6, 6.07) is 11.2. The molecule has 24 heavy (non-hydrogen) atoms. The fourth-order valence-electron chi connectivity index (χ4n) is 3.92. The van der Waals surface area contributed by atoms with E-state index >= 15 is 0 Å². The molecule has 0 amide bonds. The first kappa shape index (κ1) is 15.0. The lowest BCUT2D eigenvalue weighted by molar-refractivity contribution is -0.664. The van der Waals surface area contributed by atoms with Gasteiger partial charge in [0.05, 0.1) is 20.3 Å². The molecule has 0 unspecified atom stereocenters. The van der Waals surface area contributed by atoms with Gasteiger partial charge in [0.25, 0.3) is 0 Å². The molecule has 3 heteroatoms. The maximum atomic E-state index is 2.42. The van der Waals surface area contributed by atoms with Crippen LogP contribution in [0.4, 0.5) is 0 Å². The van der Waals surface area contributed by atoms with E-state index in [4.69, 9.17) is 0 Å². The second-order valence-corrected chi connectivity index (χ2v) is 7.02. The molecule has 2 aromatic heterocycles. The first-order valence-electron chi connectivity index (χ1n) is 8.43. The fraction of sp³-hybridized carbons (Fsp3) is 0.286. The van der Waals surface area contributed by atoms with Crippen molar-refractivity contribution in [2.45, 2.75) is 27.7 Å². The Bertz CT molecular complexity index is 1110. The van der Waals surface area contributed by atoms with Crippen LogP contribution in [0.15, 0.2) is 36.5 Å². The molecule has 2 aromatic carbocycles. The van der Waals surface area contributed by atoms with Gasteiger partial charge in [-0.15, -0.1) is 0 Å². The zero-order valence-electron chi connectivity index (χ0n) is 15.3. The number of rotatable bonds is 1. The SMILES string of the molecule is Cc1ccc2c(c1)c1c(C)ccc(C)c1n2-c1n(C)c(C)c[n+]1C. The maximum absolute atomic E-state index is 2.42. The van der Waals surface area contributed by atoms with Crippen molar-refractivity contribution in [1.82, 2.24) is 9.13 Å². The second kappa shape index (κ2) is 4.97. The molecule has 0 saturated heterocycles. The van der Waals surface area contributed by atoms with Crippen molar-refractivity contribution in [2.24, 2.45) is 14.1 Å². The molecule has 0 fully saturated rings. The Morgan fingerprint density at radius 1 is 0.917 bits per heavy atom. The summed E-state index contributed by atoms with van der Waals surface area (Å²) in [5.41, 5.74) is 7.77. The average Bonchev–Trinajstić information content (AvgIpc) is 2.98. The molecular weight excluding hydrogens is 294 g/mol. The van der Waals surface area contributed by atoms with Gasteiger partial charge < -0.3 is 0 Å². The van der Waals surface area contributed by atoms with Gasteiger partial charge in [-0.2, -0.15) is 4.57 Å². The molecule has 0 saturated carbocycles. The van der Waals surface area contributed by atoms with Crippen molar-refractivity contribution in [3.63, 3.8) is 0 Å². The Balaban J connectivity index is 2.32. The summed E-state index contributed by atoms with van der Waals surface area (Å²) in [5.74, 6) is 1.19. The van der Waals surface area contributed by atoms with Gasteiger partial charge in [-0.05, 0) is 51.0 Å². The molecule has 0 aliphatic carbocycles. The molecule has 0 spiro atoms. The Morgan fingerprint density at radius 2 is 1.62 bits per heavy atom. The van der Waals surface area contributed by atoms with Crippen LogP contribution >= 0.6 is 0 Å². The van der Waals surface area contributed by atoms with Gasteiger partial charge in [-0.1, -0.05) is 23.8 Å². The maximum Gasteiger partial charge on any atom is 0.369 e. The third kappa shape index (κ3) is 1.87. The molecule has 0 aliphatic heterocycles. The van der Waals surface area contributed by atoms with E-state index in [9.17, 15) is 0 Å². The van der Waals surface area contributed by atoms with Crippen molar-refractivity contribution < 1.29 is 4.57 Å². The number of benzene rings is 2. The Morgan fingerprint density at radius 3 is 2.29 bits per heavy atom. The van der Waals surface area contributed by atoms with E-state index in [1.54, 1.807) is 0 Å². The molecule has 2 heterocycles. The number of aromatic nitrogens is 3. The van der Waals surface area contributed by atoms with Crippen LogP contribution in [0.5, 0.6) is 0 Å². The highest BCUT2D eigenvalue weighted by Crippen LogP contribution is 2.35. The summed E-state index contributed by atoms with van der Waals surface area (Å²) in [6.07, 6.45) is 2.19. The summed E-state index contributed by atoms with van der Waals surface area (Å²) < 4.78 is 6.90. The lowest BCUT2D eigenvalue weighted by Gasteiger charge is -2.05. The molecule has 4 rings (SSSR count). The quantitative estimate of drug-likeness (QED) is 0.467. The number of nitrogens with zero attached hydrogens (tertiary/aromatic N) is 3. The van der Waals surface area contributed by atoms with Crippen molar-refractivity contribution in [3.8, 4) is 5.95 Å². The first-order valence-corrected chi connectivity index (χ1v) is 8.43. The normalized spacial score (nSPS) is 11.8. The van der Waals surface area contributed by atoms with Crippen LogP contribution in [-0.2, 0) is 14.1 Å². The Labute approximate surface area is 142 Å². The van der Waals surface area contributed by atoms with E-state index < -0.39 is 0 Å². The number of aryl methyl sites for hydroxylation is 5. The average molecular weight is 318 g/mol. The lowest BCUT2D eigenvalue weighted by atomic mass is 10.0. The van der Waals surface area contributed by atoms with Gasteiger partial charge in [0.15, 0.2) is 0 Å². The van der Waals surface area contributed by atoms with Crippen LogP contribution in [0, 0.1) is 27.7 Å². The largest absolute Gasteiger partial charge is 0.369 e. The van der Waals surface area contributed by atoms with Crippen molar-refractivity contribution in [2.75, 3.05) is 0 Å². The third-order valence-electron chi connectivity index (χ3n) is 5.20. The van der Waals surface area contributed by atoms with Crippen molar-refractivity contribution in [1.29, 1.82) is 0 Å². The van der Waals surface area contributed by atoms with E-state index in [0.29, 0.717) is 0 Å². The predicted molar refractivity (Wildman–Crippen MR) is 99.9 cm³/mol. The molecule has 0 aliphatic rings. The van der Waals surface area contributed by atoms with Crippen LogP contribution in [0.2, 0.25) is 0 Å². The third-order valence-corrected chi connectivity index (χ3v) is 5.20. The van der Waals surface area contributed by atoms with Crippen LogP contribution in [-0.4, -0.2) is 9.13 Å². The highest BCUT2D eigenvalue weighted by molar-refractivity contribution is 6.11. The lowest BCUT2D eigenvalue weighted by Crippen LogP contribution is -2.32. The smallest absolute Gasteiger partial charge is 0.237 e. The molecule has 4 aromatic rings. The van der Waals surface area contributed by atoms with Crippen LogP contribution < -0.4 is 4.57 Å². The summed E-state index contributed by atoms with van der Waals surface area (Å²) >= 11 is 0. The zero-order chi connectivity index (χ0) is 17.2. The monoisotopic (exact) mass is 318 g/mol. The minimum Gasteiger partial charge on any atom is -0.237 e. The minimum atomic E-state index is 1.19. The van der Waals surface area contributed by atoms with Gasteiger partial charge >= 0.3 is 5.95 Å². The van der Waals surface area contributed by atoms with E-state index in [2.05, 4.69) is 92.0 Å². The van der Waals surface area contributed by atoms with Gasteiger partial charge in [-0.3, -0.25) is 0 Å². The van der Waals surface area contributed by atoms with Crippen molar-refractivity contribution >= 4 is 21.8 Å². The van der Waals surface area contributed by atoms with E-state index in [1.165, 1.54) is 50.1 Å². The fourth-order valence-corrected chi connectivity index (χ4v) is 3.92. The summed E-state index contributed by atoms with van der Waals surface area (Å²) in [6.45, 7) is 8.74.